The Morgan fingerprint density at radius 1 is 0.898 bits per heavy atom. The van der Waals surface area contributed by atoms with Crippen LogP contribution in [-0.4, -0.2) is 78.3 Å². The molecular weight excluding hydrogens is 753 g/mol. The van der Waals surface area contributed by atoms with E-state index in [4.69, 9.17) is 33.7 Å². The number of rotatable bonds is 12. The zero-order valence-electron chi connectivity index (χ0n) is 34.8. The fourth-order valence-electron chi connectivity index (χ4n) is 7.75. The van der Waals surface area contributed by atoms with Crippen molar-refractivity contribution in [3.8, 4) is 34.3 Å². The van der Waals surface area contributed by atoms with Gasteiger partial charge in [-0.15, -0.1) is 0 Å². The number of benzene rings is 2. The quantitative estimate of drug-likeness (QED) is 0.131. The van der Waals surface area contributed by atoms with Gasteiger partial charge in [0.25, 0.3) is 0 Å². The molecule has 7 rings (SSSR count). The minimum Gasteiger partial charge on any atom is -0.497 e. The Hall–Kier alpha value is -6.44. The van der Waals surface area contributed by atoms with Gasteiger partial charge in [-0.3, -0.25) is 14.6 Å². The first-order valence-electron chi connectivity index (χ1n) is 19.5. The third-order valence-corrected chi connectivity index (χ3v) is 11.0. The summed E-state index contributed by atoms with van der Waals surface area (Å²) in [6.07, 6.45) is 5.79. The Kier molecular flexibility index (Phi) is 11.3. The predicted octanol–water partition coefficient (Wildman–Crippen LogP) is 7.74. The van der Waals surface area contributed by atoms with Gasteiger partial charge in [0, 0.05) is 84.8 Å². The third kappa shape index (κ3) is 8.71. The van der Waals surface area contributed by atoms with E-state index in [-0.39, 0.29) is 30.7 Å². The standard InChI is InChI=1S/C45H50N6O8/c1-27-13-15-46-23-33(27)36-17-30-18-39(49-42(53)35-21-45(35)14-16-51(40(52)22-45)43(54)59-44(2,3)4)47-24-34(30)41(48-36)50(25-28-9-11-31(55-5)19-37(28)57-7)26-29-10-12-32(56-6)20-38(29)58-8/h9-13,15,17-20,23-24,35H,14,16,21-22,25-26H2,1-8H3,(H,47,49,53). The number of anilines is 2. The summed E-state index contributed by atoms with van der Waals surface area (Å²) >= 11 is 0. The second-order valence-electron chi connectivity index (χ2n) is 16.1. The van der Waals surface area contributed by atoms with E-state index >= 15 is 0 Å². The normalized spacial score (nSPS) is 17.4. The summed E-state index contributed by atoms with van der Waals surface area (Å²) in [5.41, 5.74) is 3.10. The number of imide groups is 1. The van der Waals surface area contributed by atoms with Crippen molar-refractivity contribution in [3.63, 3.8) is 0 Å². The highest BCUT2D eigenvalue weighted by Crippen LogP contribution is 2.60. The van der Waals surface area contributed by atoms with Crippen LogP contribution in [0.15, 0.2) is 73.2 Å². The molecule has 4 heterocycles. The zero-order chi connectivity index (χ0) is 42.1. The molecule has 0 bridgehead atoms. The smallest absolute Gasteiger partial charge is 0.417 e. The fourth-order valence-corrected chi connectivity index (χ4v) is 7.75. The van der Waals surface area contributed by atoms with Gasteiger partial charge in [0.2, 0.25) is 11.8 Å². The van der Waals surface area contributed by atoms with Crippen LogP contribution >= 0.6 is 0 Å². The number of methoxy groups -OCH3 is 4. The maximum absolute atomic E-state index is 13.8. The molecule has 3 amide bonds. The van der Waals surface area contributed by atoms with Crippen LogP contribution in [0.1, 0.15) is 56.7 Å². The Morgan fingerprint density at radius 2 is 1.56 bits per heavy atom. The number of hydrogen-bond donors (Lipinski definition) is 1. The summed E-state index contributed by atoms with van der Waals surface area (Å²) in [5, 5.41) is 4.57. The van der Waals surface area contributed by atoms with Gasteiger partial charge in [-0.05, 0) is 99.4 Å². The van der Waals surface area contributed by atoms with Gasteiger partial charge in [0.05, 0.1) is 34.1 Å². The minimum atomic E-state index is -0.720. The number of piperidine rings is 1. The molecule has 1 aliphatic heterocycles. The van der Waals surface area contributed by atoms with Gasteiger partial charge in [-0.1, -0.05) is 0 Å². The van der Waals surface area contributed by atoms with Gasteiger partial charge in [0.15, 0.2) is 0 Å². The molecule has 59 heavy (non-hydrogen) atoms. The van der Waals surface area contributed by atoms with Crippen molar-refractivity contribution >= 4 is 40.3 Å². The molecular formula is C45H50N6O8. The number of ether oxygens (including phenoxy) is 5. The van der Waals surface area contributed by atoms with Crippen LogP contribution in [0.2, 0.25) is 0 Å². The van der Waals surface area contributed by atoms with E-state index in [2.05, 4.69) is 15.2 Å². The lowest BCUT2D eigenvalue weighted by Crippen LogP contribution is -2.46. The number of carbonyl (C=O) groups is 3. The van der Waals surface area contributed by atoms with Crippen LogP contribution in [0, 0.1) is 18.3 Å². The number of aromatic nitrogens is 3. The van der Waals surface area contributed by atoms with Crippen molar-refractivity contribution in [2.75, 3.05) is 45.2 Å². The summed E-state index contributed by atoms with van der Waals surface area (Å²) in [6, 6.07) is 17.2. The number of hydrogen-bond acceptors (Lipinski definition) is 12. The molecule has 5 aromatic rings. The van der Waals surface area contributed by atoms with Gasteiger partial charge in [0.1, 0.15) is 40.2 Å². The molecule has 308 valence electrons. The summed E-state index contributed by atoms with van der Waals surface area (Å²) in [4.78, 5) is 57.3. The molecule has 14 heteroatoms. The highest BCUT2D eigenvalue weighted by Gasteiger charge is 2.61. The molecule has 2 fully saturated rings. The Bertz CT molecular complexity index is 2360. The van der Waals surface area contributed by atoms with Crippen LogP contribution in [0.25, 0.3) is 22.0 Å². The molecule has 3 aromatic heterocycles. The lowest BCUT2D eigenvalue weighted by molar-refractivity contribution is -0.135. The number of fused-ring (bicyclic) bond motifs is 1. The van der Waals surface area contributed by atoms with Crippen molar-refractivity contribution in [3.05, 3.63) is 89.9 Å². The number of amides is 3. The average molecular weight is 803 g/mol. The van der Waals surface area contributed by atoms with Crippen molar-refractivity contribution in [1.82, 2.24) is 19.9 Å². The Morgan fingerprint density at radius 3 is 2.14 bits per heavy atom. The van der Waals surface area contributed by atoms with E-state index < -0.39 is 17.1 Å². The van der Waals surface area contributed by atoms with Gasteiger partial charge >= 0.3 is 6.09 Å². The lowest BCUT2D eigenvalue weighted by atomic mass is 9.90. The number of nitrogens with zero attached hydrogens (tertiary/aromatic N) is 5. The Balaban J connectivity index is 1.24. The molecule has 1 spiro atoms. The molecule has 1 saturated heterocycles. The number of pyridine rings is 3. The van der Waals surface area contributed by atoms with Crippen LogP contribution < -0.4 is 29.2 Å². The zero-order valence-corrected chi connectivity index (χ0v) is 34.8. The number of likely N-dealkylation sites (tertiary alicyclic amines) is 1. The van der Waals surface area contributed by atoms with Crippen molar-refractivity contribution in [2.24, 2.45) is 11.3 Å². The molecule has 1 aliphatic carbocycles. The summed E-state index contributed by atoms with van der Waals surface area (Å²) in [7, 11) is 6.48. The summed E-state index contributed by atoms with van der Waals surface area (Å²) in [6.45, 7) is 8.26. The number of aryl methyl sites for hydroxylation is 1. The van der Waals surface area contributed by atoms with E-state index in [0.717, 1.165) is 37.9 Å². The minimum absolute atomic E-state index is 0.103. The first-order valence-corrected chi connectivity index (χ1v) is 19.5. The molecule has 14 nitrogen and oxygen atoms in total. The van der Waals surface area contributed by atoms with Gasteiger partial charge in [-0.25, -0.2) is 19.7 Å². The fraction of sp³-hybridized carbons (Fsp3) is 0.378. The molecule has 0 radical (unpaired) electrons. The maximum atomic E-state index is 13.8. The predicted molar refractivity (Wildman–Crippen MR) is 223 cm³/mol. The van der Waals surface area contributed by atoms with E-state index in [1.807, 2.05) is 61.5 Å². The summed E-state index contributed by atoms with van der Waals surface area (Å²) in [5.74, 6) is 2.71. The van der Waals surface area contributed by atoms with Gasteiger partial charge in [-0.2, -0.15) is 0 Å². The topological polar surface area (TPSA) is 155 Å². The number of carbonyl (C=O) groups excluding carboxylic acids is 3. The molecule has 1 saturated carbocycles. The van der Waals surface area contributed by atoms with E-state index in [0.29, 0.717) is 66.3 Å². The average Bonchev–Trinajstić information content (AvgIpc) is 3.91. The van der Waals surface area contributed by atoms with Crippen molar-refractivity contribution < 1.29 is 38.1 Å². The molecule has 2 atom stereocenters. The monoisotopic (exact) mass is 802 g/mol. The second kappa shape index (κ2) is 16.4. The van der Waals surface area contributed by atoms with Crippen molar-refractivity contribution in [2.45, 2.75) is 65.6 Å². The van der Waals surface area contributed by atoms with Crippen molar-refractivity contribution in [1.29, 1.82) is 0 Å². The van der Waals surface area contributed by atoms with Crippen LogP contribution in [0.3, 0.4) is 0 Å². The Labute approximate surface area is 343 Å². The largest absolute Gasteiger partial charge is 0.497 e. The highest BCUT2D eigenvalue weighted by molar-refractivity contribution is 6.00. The molecule has 2 unspecified atom stereocenters. The first kappa shape index (κ1) is 40.7. The lowest BCUT2D eigenvalue weighted by Gasteiger charge is -2.32. The van der Waals surface area contributed by atoms with Crippen LogP contribution in [0.5, 0.6) is 23.0 Å². The van der Waals surface area contributed by atoms with E-state index in [9.17, 15) is 14.4 Å². The van der Waals surface area contributed by atoms with E-state index in [1.54, 1.807) is 67.8 Å². The maximum Gasteiger partial charge on any atom is 0.417 e. The second-order valence-corrected chi connectivity index (χ2v) is 16.1. The van der Waals surface area contributed by atoms with Gasteiger partial charge < -0.3 is 33.9 Å². The highest BCUT2D eigenvalue weighted by atomic mass is 16.6. The third-order valence-electron chi connectivity index (χ3n) is 11.0. The van der Waals surface area contributed by atoms with Crippen LogP contribution in [-0.2, 0) is 27.4 Å². The van der Waals surface area contributed by atoms with E-state index in [1.165, 1.54) is 0 Å². The summed E-state index contributed by atoms with van der Waals surface area (Å²) < 4.78 is 28.1. The van der Waals surface area contributed by atoms with Crippen LogP contribution in [0.4, 0.5) is 16.4 Å². The first-order chi connectivity index (χ1) is 28.2. The molecule has 2 aliphatic rings. The SMILES string of the molecule is COc1ccc(CN(Cc2ccc(OC)cc2OC)c2nc(-c3cnccc3C)cc3cc(NC(=O)C4CC45CCN(C(=O)OC(C)(C)C)C(=O)C5)ncc23)c(OC)c1. The molecule has 2 aromatic carbocycles. The molecule has 1 N–H and O–H groups in total. The number of nitrogens with one attached hydrogen (secondary N) is 1.